The lowest BCUT2D eigenvalue weighted by Gasteiger charge is -2.18. The minimum Gasteiger partial charge on any atom is -0.319 e. The van der Waals surface area contributed by atoms with Crippen LogP contribution in [0.15, 0.2) is 224 Å². The van der Waals surface area contributed by atoms with Gasteiger partial charge in [0.05, 0.1) is 40.0 Å². The number of hydrogen-bond acceptors (Lipinski definition) is 1. The van der Waals surface area contributed by atoms with Crippen LogP contribution in [0.5, 0.6) is 0 Å². The standard InChI is InChI=1S/C61H37N3S/c1-62-60-56(63-52-30-26-43(39-16-6-2-7-17-39)34-48(52)49-35-44(27-31-53(49)63)40-18-8-3-9-19-40)38-58-59(47-24-14-15-25-57(47)65-58)61(60)64-54-32-28-45(41-20-10-4-11-21-41)36-50(54)51-37-46(29-33-55(51)64)42-22-12-5-13-23-42/h2-38H. The van der Waals surface area contributed by atoms with Crippen LogP contribution in [-0.2, 0) is 0 Å². The van der Waals surface area contributed by atoms with Crippen molar-refractivity contribution >= 4 is 80.8 Å². The lowest BCUT2D eigenvalue weighted by molar-refractivity contribution is 1.16. The van der Waals surface area contributed by atoms with E-state index in [1.54, 1.807) is 11.3 Å². The maximum atomic E-state index is 9.29. The molecule has 0 saturated heterocycles. The van der Waals surface area contributed by atoms with Crippen molar-refractivity contribution in [2.75, 3.05) is 0 Å². The minimum atomic E-state index is 0.609. The summed E-state index contributed by atoms with van der Waals surface area (Å²) in [4.78, 5) is 4.62. The molecular formula is C61H37N3S. The van der Waals surface area contributed by atoms with Crippen LogP contribution in [-0.4, -0.2) is 9.13 Å². The van der Waals surface area contributed by atoms with Crippen LogP contribution >= 0.6 is 11.3 Å². The molecule has 13 aromatic rings. The smallest absolute Gasteiger partial charge is 0.234 e. The maximum Gasteiger partial charge on any atom is 0.234 e. The number of rotatable bonds is 6. The molecule has 302 valence electrons. The molecule has 3 nitrogen and oxygen atoms in total. The van der Waals surface area contributed by atoms with Crippen LogP contribution in [0.3, 0.4) is 0 Å². The zero-order chi connectivity index (χ0) is 43.0. The summed E-state index contributed by atoms with van der Waals surface area (Å²) in [5.41, 5.74) is 15.9. The molecule has 0 N–H and O–H groups in total. The Labute approximate surface area is 379 Å². The highest BCUT2D eigenvalue weighted by Crippen LogP contribution is 2.50. The summed E-state index contributed by atoms with van der Waals surface area (Å²) in [6.07, 6.45) is 0. The van der Waals surface area contributed by atoms with Gasteiger partial charge in [-0.3, -0.25) is 0 Å². The van der Waals surface area contributed by atoms with Gasteiger partial charge in [0.25, 0.3) is 0 Å². The Morgan fingerprint density at radius 1 is 0.323 bits per heavy atom. The van der Waals surface area contributed by atoms with Gasteiger partial charge in [0.1, 0.15) is 0 Å². The molecule has 0 atom stereocenters. The number of aromatic nitrogens is 2. The average molecular weight is 844 g/mol. The van der Waals surface area contributed by atoms with Crippen LogP contribution in [0.25, 0.3) is 125 Å². The van der Waals surface area contributed by atoms with Crippen molar-refractivity contribution in [3.8, 4) is 55.9 Å². The fraction of sp³-hybridized carbons (Fsp3) is 0. The van der Waals surface area contributed by atoms with Crippen molar-refractivity contribution < 1.29 is 0 Å². The van der Waals surface area contributed by atoms with Crippen molar-refractivity contribution in [3.63, 3.8) is 0 Å². The second-order valence-electron chi connectivity index (χ2n) is 16.7. The molecule has 0 amide bonds. The molecule has 0 fully saturated rings. The van der Waals surface area contributed by atoms with Gasteiger partial charge < -0.3 is 9.13 Å². The Morgan fingerprint density at radius 2 is 0.692 bits per heavy atom. The van der Waals surface area contributed by atoms with E-state index in [0.29, 0.717) is 5.69 Å². The Hall–Kier alpha value is -8.49. The number of benzene rings is 10. The van der Waals surface area contributed by atoms with E-state index in [2.05, 4.69) is 238 Å². The summed E-state index contributed by atoms with van der Waals surface area (Å²) in [6, 6.07) is 80.7. The summed E-state index contributed by atoms with van der Waals surface area (Å²) in [5, 5.41) is 6.83. The zero-order valence-corrected chi connectivity index (χ0v) is 35.9. The SMILES string of the molecule is [C-]#[N+]c1c(-n2c3ccc(-c4ccccc4)cc3c3cc(-c4ccccc4)ccc32)cc2sc3ccccc3c2c1-n1c2ccc(-c3ccccc3)cc2c2cc(-c3ccccc3)ccc21. The van der Waals surface area contributed by atoms with Crippen molar-refractivity contribution in [2.45, 2.75) is 0 Å². The van der Waals surface area contributed by atoms with E-state index < -0.39 is 0 Å². The largest absolute Gasteiger partial charge is 0.319 e. The average Bonchev–Trinajstić information content (AvgIpc) is 4.03. The van der Waals surface area contributed by atoms with Gasteiger partial charge in [-0.05, 0) is 105 Å². The predicted molar refractivity (Wildman–Crippen MR) is 276 cm³/mol. The van der Waals surface area contributed by atoms with Gasteiger partial charge in [0, 0.05) is 41.7 Å². The van der Waals surface area contributed by atoms with Crippen molar-refractivity contribution in [1.29, 1.82) is 0 Å². The number of fused-ring (bicyclic) bond motifs is 9. The van der Waals surface area contributed by atoms with Crippen LogP contribution in [0, 0.1) is 6.57 Å². The number of hydrogen-bond donors (Lipinski definition) is 0. The first-order valence-corrected chi connectivity index (χ1v) is 22.8. The molecule has 0 aliphatic carbocycles. The molecule has 0 aliphatic rings. The molecule has 0 spiro atoms. The Balaban J connectivity index is 1.16. The number of nitrogens with zero attached hydrogens (tertiary/aromatic N) is 3. The normalized spacial score (nSPS) is 11.7. The van der Waals surface area contributed by atoms with Crippen molar-refractivity contribution in [2.24, 2.45) is 0 Å². The molecule has 13 rings (SSSR count). The van der Waals surface area contributed by atoms with Crippen LogP contribution in [0.1, 0.15) is 0 Å². The first-order valence-electron chi connectivity index (χ1n) is 21.9. The third-order valence-corrected chi connectivity index (χ3v) is 14.2. The van der Waals surface area contributed by atoms with E-state index in [4.69, 9.17) is 0 Å². The zero-order valence-electron chi connectivity index (χ0n) is 35.1. The Bertz CT molecular complexity index is 3850. The molecule has 10 aromatic carbocycles. The van der Waals surface area contributed by atoms with E-state index in [1.165, 1.54) is 27.0 Å². The molecule has 0 saturated carbocycles. The monoisotopic (exact) mass is 843 g/mol. The molecule has 0 bridgehead atoms. The van der Waals surface area contributed by atoms with E-state index >= 15 is 0 Å². The van der Waals surface area contributed by atoms with Gasteiger partial charge in [-0.2, -0.15) is 0 Å². The lowest BCUT2D eigenvalue weighted by Crippen LogP contribution is -2.01. The van der Waals surface area contributed by atoms with Gasteiger partial charge in [-0.1, -0.05) is 164 Å². The highest BCUT2D eigenvalue weighted by molar-refractivity contribution is 7.26. The maximum absolute atomic E-state index is 9.29. The Kier molecular flexibility index (Phi) is 8.46. The van der Waals surface area contributed by atoms with E-state index in [9.17, 15) is 6.57 Å². The van der Waals surface area contributed by atoms with Gasteiger partial charge in [-0.15, -0.1) is 11.3 Å². The summed E-state index contributed by atoms with van der Waals surface area (Å²) in [5.74, 6) is 0. The number of thiophene rings is 1. The van der Waals surface area contributed by atoms with Gasteiger partial charge in [0.15, 0.2) is 0 Å². The molecule has 3 aromatic heterocycles. The summed E-state index contributed by atoms with van der Waals surface area (Å²) >= 11 is 1.79. The van der Waals surface area contributed by atoms with Crippen molar-refractivity contribution in [1.82, 2.24) is 9.13 Å². The molecule has 0 unspecified atom stereocenters. The second-order valence-corrected chi connectivity index (χ2v) is 17.8. The van der Waals surface area contributed by atoms with E-state index in [1.807, 2.05) is 0 Å². The lowest BCUT2D eigenvalue weighted by atomic mass is 10.0. The molecule has 4 heteroatoms. The molecule has 0 aliphatic heterocycles. The highest BCUT2D eigenvalue weighted by Gasteiger charge is 2.26. The molecule has 3 heterocycles. The van der Waals surface area contributed by atoms with Gasteiger partial charge >= 0.3 is 0 Å². The summed E-state index contributed by atoms with van der Waals surface area (Å²) < 4.78 is 7.07. The van der Waals surface area contributed by atoms with E-state index in [0.717, 1.165) is 92.7 Å². The third kappa shape index (κ3) is 5.87. The molecule has 0 radical (unpaired) electrons. The molecule has 65 heavy (non-hydrogen) atoms. The third-order valence-electron chi connectivity index (χ3n) is 13.1. The fourth-order valence-corrected chi connectivity index (χ4v) is 11.3. The van der Waals surface area contributed by atoms with Crippen LogP contribution in [0.4, 0.5) is 5.69 Å². The van der Waals surface area contributed by atoms with Crippen molar-refractivity contribution in [3.05, 3.63) is 236 Å². The Morgan fingerprint density at radius 3 is 1.09 bits per heavy atom. The minimum absolute atomic E-state index is 0.609. The molecular weight excluding hydrogens is 807 g/mol. The van der Waals surface area contributed by atoms with Gasteiger partial charge in [-0.25, -0.2) is 4.85 Å². The fourth-order valence-electron chi connectivity index (χ4n) is 10.1. The summed E-state index contributed by atoms with van der Waals surface area (Å²) in [7, 11) is 0. The predicted octanol–water partition coefficient (Wildman–Crippen LogP) is 17.5. The quantitative estimate of drug-likeness (QED) is 0.148. The topological polar surface area (TPSA) is 14.2 Å². The highest BCUT2D eigenvalue weighted by atomic mass is 32.1. The van der Waals surface area contributed by atoms with Crippen LogP contribution < -0.4 is 0 Å². The first-order chi connectivity index (χ1) is 32.2. The van der Waals surface area contributed by atoms with E-state index in [-0.39, 0.29) is 0 Å². The summed E-state index contributed by atoms with van der Waals surface area (Å²) in [6.45, 7) is 9.29. The first kappa shape index (κ1) is 37.1. The second kappa shape index (κ2) is 14.8. The van der Waals surface area contributed by atoms with Gasteiger partial charge in [0.2, 0.25) is 5.69 Å². The van der Waals surface area contributed by atoms with Crippen LogP contribution in [0.2, 0.25) is 0 Å².